The number of thioether (sulfide) groups is 1. The fourth-order valence-corrected chi connectivity index (χ4v) is 3.84. The maximum absolute atomic E-state index is 10.2. The van der Waals surface area contributed by atoms with E-state index in [1.54, 1.807) is 18.3 Å². The predicted octanol–water partition coefficient (Wildman–Crippen LogP) is 2.47. The average molecular weight is 317 g/mol. The van der Waals surface area contributed by atoms with Gasteiger partial charge in [-0.3, -0.25) is 5.21 Å². The molecule has 0 aliphatic carbocycles. The van der Waals surface area contributed by atoms with Crippen molar-refractivity contribution in [1.29, 1.82) is 0 Å². The van der Waals surface area contributed by atoms with Gasteiger partial charge in [-0.2, -0.15) is 0 Å². The molecule has 1 aliphatic heterocycles. The van der Waals surface area contributed by atoms with Crippen LogP contribution in [0.15, 0.2) is 24.3 Å². The summed E-state index contributed by atoms with van der Waals surface area (Å²) in [5, 5.41) is 12.3. The first-order chi connectivity index (χ1) is 8.81. The van der Waals surface area contributed by atoms with E-state index in [1.807, 2.05) is 26.0 Å². The van der Waals surface area contributed by atoms with Gasteiger partial charge in [-0.1, -0.05) is 35.6 Å². The molecule has 0 spiro atoms. The van der Waals surface area contributed by atoms with Crippen molar-refractivity contribution in [3.05, 3.63) is 34.9 Å². The third kappa shape index (κ3) is 3.02. The number of rotatable bonds is 2. The molecule has 102 valence electrons. The van der Waals surface area contributed by atoms with Crippen molar-refractivity contribution in [2.24, 2.45) is 5.84 Å². The molecule has 1 aromatic rings. The summed E-state index contributed by atoms with van der Waals surface area (Å²) < 4.78 is 1.36. The molecular weight excluding hydrogens is 302 g/mol. The van der Waals surface area contributed by atoms with Crippen molar-refractivity contribution < 1.29 is 9.95 Å². The molecule has 1 fully saturated rings. The van der Waals surface area contributed by atoms with Crippen molar-refractivity contribution in [2.75, 3.05) is 0 Å². The molecule has 0 bridgehead atoms. The SMILES string of the molecule is CC1(C)SC(=S)N(N)C1[N+](O)=Cc1ccc(Cl)cc1. The van der Waals surface area contributed by atoms with Crippen LogP contribution in [-0.4, -0.2) is 36.4 Å². The number of nitrogens with two attached hydrogens (primary N) is 1. The van der Waals surface area contributed by atoms with E-state index < -0.39 is 6.17 Å². The van der Waals surface area contributed by atoms with Gasteiger partial charge in [-0.05, 0) is 42.9 Å². The van der Waals surface area contributed by atoms with Gasteiger partial charge in [0.1, 0.15) is 4.75 Å². The van der Waals surface area contributed by atoms with Gasteiger partial charge >= 0.3 is 6.17 Å². The molecule has 2 rings (SSSR count). The second-order valence-electron chi connectivity index (χ2n) is 4.81. The van der Waals surface area contributed by atoms with E-state index >= 15 is 0 Å². The van der Waals surface area contributed by atoms with Gasteiger partial charge in [0.25, 0.3) is 0 Å². The number of benzene rings is 1. The summed E-state index contributed by atoms with van der Waals surface area (Å²) in [4.78, 5) is 0. The predicted molar refractivity (Wildman–Crippen MR) is 82.7 cm³/mol. The second-order valence-corrected chi connectivity index (χ2v) is 7.54. The fourth-order valence-electron chi connectivity index (χ4n) is 1.98. The van der Waals surface area contributed by atoms with Crippen molar-refractivity contribution in [3.8, 4) is 0 Å². The summed E-state index contributed by atoms with van der Waals surface area (Å²) in [5.74, 6) is 5.91. The van der Waals surface area contributed by atoms with Gasteiger partial charge in [0.05, 0.1) is 0 Å². The molecular formula is C12H15ClN3OS2+. The van der Waals surface area contributed by atoms with Gasteiger partial charge in [0, 0.05) is 10.6 Å². The first kappa shape index (κ1) is 14.6. The van der Waals surface area contributed by atoms with Crippen molar-refractivity contribution >= 4 is 46.1 Å². The van der Waals surface area contributed by atoms with Gasteiger partial charge < -0.3 is 0 Å². The fraction of sp³-hybridized carbons (Fsp3) is 0.333. The Morgan fingerprint density at radius 2 is 2.05 bits per heavy atom. The highest BCUT2D eigenvalue weighted by atomic mass is 35.5. The minimum atomic E-state index is -0.416. The standard InChI is InChI=1S/C12H15ClN3OS2/c1-12(2)10(16(14)11(18)19-12)15(17)7-8-3-5-9(13)6-4-8/h3-7,10,17H,14H2,1-2H3/q+1. The normalized spacial score (nSPS) is 22.9. The molecule has 0 radical (unpaired) electrons. The van der Waals surface area contributed by atoms with Crippen LogP contribution in [-0.2, 0) is 0 Å². The lowest BCUT2D eigenvalue weighted by molar-refractivity contribution is -0.808. The Hall–Kier alpha value is -0.820. The Bertz CT molecular complexity index is 530. The molecule has 7 heteroatoms. The lowest BCUT2D eigenvalue weighted by atomic mass is 10.1. The number of thiocarbonyl (C=S) groups is 1. The third-order valence-corrected chi connectivity index (χ3v) is 4.68. The quantitative estimate of drug-likeness (QED) is 0.219. The molecule has 1 unspecified atom stereocenters. The van der Waals surface area contributed by atoms with Gasteiger partial charge in [-0.15, -0.1) is 0 Å². The maximum atomic E-state index is 10.2. The Morgan fingerprint density at radius 3 is 2.53 bits per heavy atom. The van der Waals surface area contributed by atoms with Crippen LogP contribution < -0.4 is 5.84 Å². The first-order valence-corrected chi connectivity index (χ1v) is 7.26. The Kier molecular flexibility index (Phi) is 4.06. The highest BCUT2D eigenvalue weighted by Gasteiger charge is 2.52. The zero-order chi connectivity index (χ0) is 14.2. The third-order valence-electron chi connectivity index (χ3n) is 2.85. The van der Waals surface area contributed by atoms with E-state index in [9.17, 15) is 5.21 Å². The summed E-state index contributed by atoms with van der Waals surface area (Å²) in [7, 11) is 0. The minimum Gasteiger partial charge on any atom is -0.289 e. The Morgan fingerprint density at radius 1 is 1.47 bits per heavy atom. The van der Waals surface area contributed by atoms with E-state index in [4.69, 9.17) is 29.7 Å². The van der Waals surface area contributed by atoms with Crippen LogP contribution in [0.2, 0.25) is 5.02 Å². The summed E-state index contributed by atoms with van der Waals surface area (Å²) in [5.41, 5.74) is 0.832. The molecule has 0 saturated carbocycles. The van der Waals surface area contributed by atoms with E-state index in [1.165, 1.54) is 16.8 Å². The molecule has 4 nitrogen and oxygen atoms in total. The lowest BCUT2D eigenvalue weighted by Crippen LogP contribution is -2.51. The van der Waals surface area contributed by atoms with Crippen molar-refractivity contribution in [2.45, 2.75) is 24.8 Å². The van der Waals surface area contributed by atoms with Crippen LogP contribution in [0.5, 0.6) is 0 Å². The van der Waals surface area contributed by atoms with E-state index in [0.29, 0.717) is 9.34 Å². The van der Waals surface area contributed by atoms with Crippen LogP contribution >= 0.6 is 35.6 Å². The second kappa shape index (κ2) is 5.28. The molecule has 0 amide bonds. The minimum absolute atomic E-state index is 0.302. The number of hydrogen-bond donors (Lipinski definition) is 2. The topological polar surface area (TPSA) is 52.5 Å². The smallest absolute Gasteiger partial charge is 0.289 e. The van der Waals surface area contributed by atoms with E-state index in [0.717, 1.165) is 10.3 Å². The van der Waals surface area contributed by atoms with Gasteiger partial charge in [-0.25, -0.2) is 10.9 Å². The summed E-state index contributed by atoms with van der Waals surface area (Å²) in [6.07, 6.45) is 1.19. The molecule has 3 N–H and O–H groups in total. The molecule has 1 atom stereocenters. The number of hydrogen-bond acceptors (Lipinski definition) is 4. The van der Waals surface area contributed by atoms with Crippen LogP contribution in [0.3, 0.4) is 0 Å². The van der Waals surface area contributed by atoms with Crippen LogP contribution in [0.25, 0.3) is 0 Å². The van der Waals surface area contributed by atoms with Crippen LogP contribution in [0.1, 0.15) is 19.4 Å². The Labute approximate surface area is 126 Å². The number of hydrazine groups is 1. The number of hydroxylamine groups is 1. The molecule has 1 aromatic carbocycles. The van der Waals surface area contributed by atoms with Crippen LogP contribution in [0.4, 0.5) is 0 Å². The van der Waals surface area contributed by atoms with Gasteiger partial charge in [0.15, 0.2) is 4.32 Å². The highest BCUT2D eigenvalue weighted by molar-refractivity contribution is 8.24. The molecule has 1 saturated heterocycles. The molecule has 1 aliphatic rings. The highest BCUT2D eigenvalue weighted by Crippen LogP contribution is 2.39. The molecule has 1 heterocycles. The van der Waals surface area contributed by atoms with E-state index in [2.05, 4.69) is 0 Å². The monoisotopic (exact) mass is 316 g/mol. The summed E-state index contributed by atoms with van der Waals surface area (Å²) in [6, 6.07) is 7.17. The van der Waals surface area contributed by atoms with Gasteiger partial charge in [0.2, 0.25) is 6.21 Å². The first-order valence-electron chi connectivity index (χ1n) is 5.66. The molecule has 19 heavy (non-hydrogen) atoms. The van der Waals surface area contributed by atoms with Crippen molar-refractivity contribution in [3.63, 3.8) is 0 Å². The Balaban J connectivity index is 2.30. The average Bonchev–Trinajstić information content (AvgIpc) is 2.51. The van der Waals surface area contributed by atoms with Crippen molar-refractivity contribution in [1.82, 2.24) is 5.01 Å². The zero-order valence-corrected chi connectivity index (χ0v) is 13.0. The zero-order valence-electron chi connectivity index (χ0n) is 10.6. The molecule has 0 aromatic heterocycles. The van der Waals surface area contributed by atoms with Crippen LogP contribution in [0, 0.1) is 0 Å². The lowest BCUT2D eigenvalue weighted by Gasteiger charge is -2.21. The number of nitrogens with zero attached hydrogens (tertiary/aromatic N) is 2. The summed E-state index contributed by atoms with van der Waals surface area (Å²) >= 11 is 12.5. The van der Waals surface area contributed by atoms with E-state index in [-0.39, 0.29) is 4.75 Å². The number of halogens is 1. The largest absolute Gasteiger partial charge is 0.305 e. The maximum Gasteiger partial charge on any atom is 0.305 e. The summed E-state index contributed by atoms with van der Waals surface area (Å²) in [6.45, 7) is 3.97.